The molecule has 0 heterocycles. The molecule has 1 aliphatic rings. The molecule has 1 N–H and O–H groups in total. The zero-order chi connectivity index (χ0) is 14.7. The van der Waals surface area contributed by atoms with Gasteiger partial charge in [-0.1, -0.05) is 45.4 Å². The van der Waals surface area contributed by atoms with Gasteiger partial charge in [-0.3, -0.25) is 0 Å². The molecule has 0 bridgehead atoms. The van der Waals surface area contributed by atoms with Crippen molar-refractivity contribution >= 4 is 0 Å². The fourth-order valence-corrected chi connectivity index (χ4v) is 3.31. The van der Waals surface area contributed by atoms with Gasteiger partial charge < -0.3 is 10.1 Å². The van der Waals surface area contributed by atoms with Crippen molar-refractivity contribution < 1.29 is 4.74 Å². The van der Waals surface area contributed by atoms with E-state index in [1.54, 1.807) is 0 Å². The van der Waals surface area contributed by atoms with Gasteiger partial charge in [0.15, 0.2) is 0 Å². The quantitative estimate of drug-likeness (QED) is 0.581. The minimum Gasteiger partial charge on any atom is -0.381 e. The summed E-state index contributed by atoms with van der Waals surface area (Å²) in [6, 6.07) is 2.49. The highest BCUT2D eigenvalue weighted by atomic mass is 16.5. The van der Waals surface area contributed by atoms with Gasteiger partial charge in [0.25, 0.3) is 0 Å². The van der Waals surface area contributed by atoms with Crippen molar-refractivity contribution in [3.8, 4) is 6.07 Å². The lowest BCUT2D eigenvalue weighted by Crippen LogP contribution is -2.45. The molecule has 2 unspecified atom stereocenters. The van der Waals surface area contributed by atoms with Crippen LogP contribution in [0.5, 0.6) is 0 Å². The molecular weight excluding hydrogens is 248 g/mol. The molecule has 0 saturated heterocycles. The van der Waals surface area contributed by atoms with E-state index in [0.717, 1.165) is 38.9 Å². The molecule has 2 atom stereocenters. The highest BCUT2D eigenvalue weighted by Gasteiger charge is 2.41. The van der Waals surface area contributed by atoms with Gasteiger partial charge >= 0.3 is 0 Å². The first-order valence-corrected chi connectivity index (χ1v) is 8.47. The topological polar surface area (TPSA) is 45.0 Å². The first-order valence-electron chi connectivity index (χ1n) is 8.47. The summed E-state index contributed by atoms with van der Waals surface area (Å²) in [5.41, 5.74) is -0.288. The Morgan fingerprint density at radius 3 is 2.65 bits per heavy atom. The Bertz CT molecular complexity index is 287. The fourth-order valence-electron chi connectivity index (χ4n) is 3.31. The second-order valence-corrected chi connectivity index (χ2v) is 6.09. The second-order valence-electron chi connectivity index (χ2n) is 6.09. The zero-order valence-corrected chi connectivity index (χ0v) is 13.4. The van der Waals surface area contributed by atoms with Crippen molar-refractivity contribution in [2.24, 2.45) is 5.92 Å². The van der Waals surface area contributed by atoms with E-state index in [1.165, 1.54) is 38.5 Å². The summed E-state index contributed by atoms with van der Waals surface area (Å²) in [5.74, 6) is 0.460. The van der Waals surface area contributed by atoms with Gasteiger partial charge in [0, 0.05) is 13.2 Å². The Morgan fingerprint density at radius 2 is 1.95 bits per heavy atom. The number of rotatable bonds is 11. The van der Waals surface area contributed by atoms with Crippen LogP contribution in [0.15, 0.2) is 0 Å². The van der Waals surface area contributed by atoms with E-state index in [4.69, 9.17) is 4.74 Å². The number of hydrogen-bond acceptors (Lipinski definition) is 3. The molecule has 0 aromatic heterocycles. The smallest absolute Gasteiger partial charge is 0.109 e. The predicted molar refractivity (Wildman–Crippen MR) is 83.6 cm³/mol. The molecule has 20 heavy (non-hydrogen) atoms. The van der Waals surface area contributed by atoms with Crippen molar-refractivity contribution in [1.82, 2.24) is 5.32 Å². The summed E-state index contributed by atoms with van der Waals surface area (Å²) in [6.45, 7) is 3.95. The Morgan fingerprint density at radius 1 is 1.20 bits per heavy atom. The van der Waals surface area contributed by atoms with Crippen molar-refractivity contribution in [1.29, 1.82) is 5.26 Å². The van der Waals surface area contributed by atoms with Gasteiger partial charge in [0.2, 0.25) is 0 Å². The third-order valence-corrected chi connectivity index (χ3v) is 4.72. The molecule has 0 radical (unpaired) electrons. The summed E-state index contributed by atoms with van der Waals surface area (Å²) >= 11 is 0. The summed E-state index contributed by atoms with van der Waals surface area (Å²) in [7, 11) is 1.92. The third kappa shape index (κ3) is 5.42. The first kappa shape index (κ1) is 17.5. The monoisotopic (exact) mass is 280 g/mol. The Kier molecular flexibility index (Phi) is 8.89. The van der Waals surface area contributed by atoms with Crippen molar-refractivity contribution in [2.45, 2.75) is 76.7 Å². The van der Waals surface area contributed by atoms with Gasteiger partial charge in [-0.15, -0.1) is 0 Å². The molecule has 0 aromatic carbocycles. The van der Waals surface area contributed by atoms with Gasteiger partial charge in [0.1, 0.15) is 5.54 Å². The molecule has 0 spiro atoms. The number of nitrogens with zero attached hydrogens (tertiary/aromatic N) is 1. The van der Waals surface area contributed by atoms with Gasteiger partial charge in [0.05, 0.1) is 6.07 Å². The van der Waals surface area contributed by atoms with Crippen LogP contribution in [0.3, 0.4) is 0 Å². The average Bonchev–Trinajstić information content (AvgIpc) is 2.89. The second kappa shape index (κ2) is 10.2. The van der Waals surface area contributed by atoms with E-state index in [0.29, 0.717) is 5.92 Å². The Labute approximate surface area is 125 Å². The highest BCUT2D eigenvalue weighted by molar-refractivity contribution is 5.13. The van der Waals surface area contributed by atoms with Crippen LogP contribution in [-0.4, -0.2) is 25.8 Å². The molecule has 116 valence electrons. The summed E-state index contributed by atoms with van der Waals surface area (Å²) in [6.07, 6.45) is 12.2. The summed E-state index contributed by atoms with van der Waals surface area (Å²) in [4.78, 5) is 0. The standard InChI is InChI=1S/C17H32N2O/c1-3-4-5-6-7-8-13-20-14-11-16-10-9-12-17(16,15-18)19-2/h16,19H,3-14H2,1-2H3. The molecule has 0 amide bonds. The molecule has 1 fully saturated rings. The summed E-state index contributed by atoms with van der Waals surface area (Å²) in [5, 5.41) is 12.6. The SMILES string of the molecule is CCCCCCCCOCCC1CCCC1(C#N)NC. The maximum absolute atomic E-state index is 9.38. The minimum atomic E-state index is -0.288. The number of unbranched alkanes of at least 4 members (excludes halogenated alkanes) is 5. The molecule has 3 nitrogen and oxygen atoms in total. The van der Waals surface area contributed by atoms with E-state index < -0.39 is 0 Å². The minimum absolute atomic E-state index is 0.288. The van der Waals surface area contributed by atoms with Crippen LogP contribution in [0.4, 0.5) is 0 Å². The lowest BCUT2D eigenvalue weighted by atomic mass is 9.86. The van der Waals surface area contributed by atoms with E-state index in [-0.39, 0.29) is 5.54 Å². The molecule has 1 aliphatic carbocycles. The van der Waals surface area contributed by atoms with E-state index >= 15 is 0 Å². The number of hydrogen-bond donors (Lipinski definition) is 1. The zero-order valence-electron chi connectivity index (χ0n) is 13.4. The Hall–Kier alpha value is -0.590. The summed E-state index contributed by atoms with van der Waals surface area (Å²) < 4.78 is 5.75. The van der Waals surface area contributed by atoms with E-state index in [1.807, 2.05) is 7.05 Å². The van der Waals surface area contributed by atoms with Crippen LogP contribution >= 0.6 is 0 Å². The molecule has 3 heteroatoms. The van der Waals surface area contributed by atoms with Crippen LogP contribution in [-0.2, 0) is 4.74 Å². The lowest BCUT2D eigenvalue weighted by molar-refractivity contribution is 0.109. The highest BCUT2D eigenvalue weighted by Crippen LogP contribution is 2.37. The number of ether oxygens (including phenoxy) is 1. The van der Waals surface area contributed by atoms with Crippen LogP contribution in [0.1, 0.15) is 71.1 Å². The molecule has 0 aromatic rings. The van der Waals surface area contributed by atoms with E-state index in [2.05, 4.69) is 18.3 Å². The number of nitrogens with one attached hydrogen (secondary N) is 1. The largest absolute Gasteiger partial charge is 0.381 e. The maximum Gasteiger partial charge on any atom is 0.109 e. The van der Waals surface area contributed by atoms with Crippen LogP contribution < -0.4 is 5.32 Å². The van der Waals surface area contributed by atoms with Crippen LogP contribution in [0.25, 0.3) is 0 Å². The van der Waals surface area contributed by atoms with Crippen molar-refractivity contribution in [3.05, 3.63) is 0 Å². The van der Waals surface area contributed by atoms with Crippen LogP contribution in [0, 0.1) is 17.2 Å². The van der Waals surface area contributed by atoms with E-state index in [9.17, 15) is 5.26 Å². The normalized spacial score (nSPS) is 25.8. The Balaban J connectivity index is 2.03. The van der Waals surface area contributed by atoms with Gasteiger partial charge in [-0.25, -0.2) is 0 Å². The van der Waals surface area contributed by atoms with Gasteiger partial charge in [-0.2, -0.15) is 5.26 Å². The average molecular weight is 280 g/mol. The molecule has 1 rings (SSSR count). The third-order valence-electron chi connectivity index (χ3n) is 4.72. The maximum atomic E-state index is 9.38. The number of nitriles is 1. The molecule has 1 saturated carbocycles. The molecule has 0 aliphatic heterocycles. The van der Waals surface area contributed by atoms with Crippen molar-refractivity contribution in [3.63, 3.8) is 0 Å². The molecular formula is C17H32N2O. The van der Waals surface area contributed by atoms with Gasteiger partial charge in [-0.05, 0) is 38.6 Å². The first-order chi connectivity index (χ1) is 9.79. The predicted octanol–water partition coefficient (Wildman–Crippen LogP) is 4.04. The lowest BCUT2D eigenvalue weighted by Gasteiger charge is -2.28. The van der Waals surface area contributed by atoms with Crippen LogP contribution in [0.2, 0.25) is 0 Å². The fraction of sp³-hybridized carbons (Fsp3) is 0.941. The van der Waals surface area contributed by atoms with Crippen molar-refractivity contribution in [2.75, 3.05) is 20.3 Å².